The quantitative estimate of drug-likeness (QED) is 0.233. The molecule has 20 heteroatoms. The van der Waals surface area contributed by atoms with E-state index in [0.29, 0.717) is 93.0 Å². The summed E-state index contributed by atoms with van der Waals surface area (Å²) in [4.78, 5) is 107. The molecule has 7 amide bonds. The van der Waals surface area contributed by atoms with Crippen LogP contribution in [0.1, 0.15) is 107 Å². The lowest BCUT2D eigenvalue weighted by Gasteiger charge is -2.35. The number of hydrogen-bond donors (Lipinski definition) is 3. The highest BCUT2D eigenvalue weighted by molar-refractivity contribution is 6.24. The molecular formula is C47H54F2N10O8. The van der Waals surface area contributed by atoms with E-state index in [1.54, 1.807) is 30.3 Å². The van der Waals surface area contributed by atoms with Crippen molar-refractivity contribution in [1.29, 1.82) is 0 Å². The van der Waals surface area contributed by atoms with E-state index in [2.05, 4.69) is 30.8 Å². The second-order valence-electron chi connectivity index (χ2n) is 18.4. The van der Waals surface area contributed by atoms with Gasteiger partial charge in [0.15, 0.2) is 5.82 Å². The number of methoxy groups -OCH3 is 1. The molecule has 0 spiro atoms. The number of alkyl halides is 2. The van der Waals surface area contributed by atoms with Gasteiger partial charge in [0.2, 0.25) is 23.7 Å². The molecule has 9 rings (SSSR count). The number of nitrogens with zero attached hydrogens (tertiary/aromatic N) is 7. The summed E-state index contributed by atoms with van der Waals surface area (Å²) in [5.41, 5.74) is 2.26. The van der Waals surface area contributed by atoms with Crippen LogP contribution in [0.5, 0.6) is 5.75 Å². The molecular weight excluding hydrogens is 871 g/mol. The second kappa shape index (κ2) is 18.6. The van der Waals surface area contributed by atoms with Crippen molar-refractivity contribution in [2.24, 2.45) is 5.92 Å². The fourth-order valence-corrected chi connectivity index (χ4v) is 10.4. The van der Waals surface area contributed by atoms with E-state index in [1.165, 1.54) is 25.3 Å². The first-order valence-electron chi connectivity index (χ1n) is 23.1. The van der Waals surface area contributed by atoms with Gasteiger partial charge in [0.05, 0.1) is 36.7 Å². The van der Waals surface area contributed by atoms with Gasteiger partial charge in [0, 0.05) is 57.2 Å². The zero-order valence-corrected chi connectivity index (χ0v) is 37.5. The third-order valence-electron chi connectivity index (χ3n) is 14.1. The average molecular weight is 925 g/mol. The summed E-state index contributed by atoms with van der Waals surface area (Å²) in [5, 5.41) is 8.43. The first kappa shape index (κ1) is 45.6. The SMILES string of the molecule is COc1cc(C(=O)NC2CCN(C(=O)CC3CCN(Cc4cccc5c4C(=O)N(C4CCC(=O)NC4=O)C5=O)CC3)CC2)ccc1Nc1ncc2c(n1)N(C1CCCC1)CC(F)(F)C(=O)N2C. The lowest BCUT2D eigenvalue weighted by atomic mass is 9.91. The van der Waals surface area contributed by atoms with Crippen LogP contribution in [-0.2, 0) is 25.7 Å². The Kier molecular flexibility index (Phi) is 12.7. The Bertz CT molecular complexity index is 2500. The van der Waals surface area contributed by atoms with Gasteiger partial charge < -0.3 is 30.1 Å². The highest BCUT2D eigenvalue weighted by atomic mass is 19.3. The Labute approximate surface area is 385 Å². The molecule has 0 radical (unpaired) electrons. The molecule has 5 aliphatic heterocycles. The van der Waals surface area contributed by atoms with Gasteiger partial charge in [0.1, 0.15) is 17.5 Å². The lowest BCUT2D eigenvalue weighted by molar-refractivity contribution is -0.140. The van der Waals surface area contributed by atoms with Crippen molar-refractivity contribution in [1.82, 2.24) is 35.3 Å². The highest BCUT2D eigenvalue weighted by Crippen LogP contribution is 2.40. The predicted molar refractivity (Wildman–Crippen MR) is 239 cm³/mol. The molecule has 18 nitrogen and oxygen atoms in total. The number of carbonyl (C=O) groups excluding carboxylic acids is 7. The summed E-state index contributed by atoms with van der Waals surface area (Å²) in [6.07, 6.45) is 7.93. The number of benzene rings is 2. The van der Waals surface area contributed by atoms with Crippen molar-refractivity contribution in [3.8, 4) is 5.75 Å². The number of piperidine rings is 3. The van der Waals surface area contributed by atoms with Gasteiger partial charge in [-0.1, -0.05) is 25.0 Å². The molecule has 1 saturated carbocycles. The smallest absolute Gasteiger partial charge is 0.342 e. The number of amides is 7. The van der Waals surface area contributed by atoms with Crippen LogP contribution < -0.4 is 30.5 Å². The van der Waals surface area contributed by atoms with Gasteiger partial charge in [-0.05, 0) is 93.8 Å². The molecule has 1 unspecified atom stereocenters. The summed E-state index contributed by atoms with van der Waals surface area (Å²) in [6.45, 7) is 2.11. The van der Waals surface area contributed by atoms with Crippen molar-refractivity contribution < 1.29 is 47.1 Å². The molecule has 3 aromatic rings. The Morgan fingerprint density at radius 3 is 2.39 bits per heavy atom. The fraction of sp³-hybridized carbons (Fsp3) is 0.511. The molecule has 6 heterocycles. The number of halogens is 2. The molecule has 3 saturated heterocycles. The number of fused-ring (bicyclic) bond motifs is 2. The van der Waals surface area contributed by atoms with Gasteiger partial charge in [-0.25, -0.2) is 4.98 Å². The summed E-state index contributed by atoms with van der Waals surface area (Å²) >= 11 is 0. The minimum atomic E-state index is -3.60. The van der Waals surface area contributed by atoms with Crippen molar-refractivity contribution in [3.63, 3.8) is 0 Å². The number of imide groups is 2. The summed E-state index contributed by atoms with van der Waals surface area (Å²) in [5.74, 6) is -6.36. The second-order valence-corrected chi connectivity index (χ2v) is 18.4. The van der Waals surface area contributed by atoms with Crippen LogP contribution >= 0.6 is 0 Å². The fourth-order valence-electron chi connectivity index (χ4n) is 10.4. The zero-order valence-electron chi connectivity index (χ0n) is 37.5. The van der Waals surface area contributed by atoms with Crippen molar-refractivity contribution in [2.75, 3.05) is 62.0 Å². The number of aromatic nitrogens is 2. The van der Waals surface area contributed by atoms with Gasteiger partial charge in [-0.3, -0.25) is 48.7 Å². The van der Waals surface area contributed by atoms with E-state index in [0.717, 1.165) is 35.5 Å². The van der Waals surface area contributed by atoms with Crippen LogP contribution in [0, 0.1) is 5.92 Å². The van der Waals surface area contributed by atoms with Crippen molar-refractivity contribution >= 4 is 64.5 Å². The molecule has 1 aliphatic carbocycles. The van der Waals surface area contributed by atoms with Gasteiger partial charge in [-0.15, -0.1) is 0 Å². The van der Waals surface area contributed by atoms with Gasteiger partial charge in [0.25, 0.3) is 23.6 Å². The predicted octanol–water partition coefficient (Wildman–Crippen LogP) is 4.01. The van der Waals surface area contributed by atoms with Crippen molar-refractivity contribution in [2.45, 2.75) is 101 Å². The van der Waals surface area contributed by atoms with E-state index < -0.39 is 48.0 Å². The van der Waals surface area contributed by atoms with Crippen LogP contribution in [0.15, 0.2) is 42.6 Å². The Morgan fingerprint density at radius 1 is 0.925 bits per heavy atom. The van der Waals surface area contributed by atoms with E-state index >= 15 is 8.78 Å². The van der Waals surface area contributed by atoms with E-state index in [1.807, 2.05) is 11.0 Å². The van der Waals surface area contributed by atoms with Crippen LogP contribution in [0.3, 0.4) is 0 Å². The third kappa shape index (κ3) is 9.14. The Morgan fingerprint density at radius 2 is 1.67 bits per heavy atom. The molecule has 2 aromatic carbocycles. The molecule has 3 N–H and O–H groups in total. The number of rotatable bonds is 11. The number of nitrogens with one attached hydrogen (secondary N) is 3. The Hall–Kier alpha value is -6.57. The molecule has 6 aliphatic rings. The Balaban J connectivity index is 0.747. The van der Waals surface area contributed by atoms with E-state index in [9.17, 15) is 33.6 Å². The van der Waals surface area contributed by atoms with Crippen LogP contribution in [-0.4, -0.2) is 137 Å². The van der Waals surface area contributed by atoms with Crippen molar-refractivity contribution in [3.05, 3.63) is 64.8 Å². The van der Waals surface area contributed by atoms with E-state index in [-0.39, 0.29) is 65.7 Å². The summed E-state index contributed by atoms with van der Waals surface area (Å²) in [6, 6.07) is 8.68. The van der Waals surface area contributed by atoms with Gasteiger partial charge >= 0.3 is 5.92 Å². The molecule has 0 bridgehead atoms. The highest BCUT2D eigenvalue weighted by Gasteiger charge is 2.49. The molecule has 1 aromatic heterocycles. The summed E-state index contributed by atoms with van der Waals surface area (Å²) < 4.78 is 35.8. The molecule has 4 fully saturated rings. The number of ether oxygens (including phenoxy) is 1. The number of carbonyl (C=O) groups is 7. The van der Waals surface area contributed by atoms with Crippen LogP contribution in [0.2, 0.25) is 0 Å². The maximum atomic E-state index is 15.1. The molecule has 67 heavy (non-hydrogen) atoms. The molecule has 1 atom stereocenters. The minimum absolute atomic E-state index is 0.0532. The number of likely N-dealkylation sites (tertiary alicyclic amines) is 2. The van der Waals surface area contributed by atoms with Gasteiger partial charge in [-0.2, -0.15) is 13.8 Å². The number of hydrogen-bond acceptors (Lipinski definition) is 13. The van der Waals surface area contributed by atoms with Crippen LogP contribution in [0.4, 0.5) is 31.9 Å². The monoisotopic (exact) mass is 924 g/mol. The normalized spacial score (nSPS) is 21.9. The van der Waals surface area contributed by atoms with Crippen LogP contribution in [0.25, 0.3) is 0 Å². The third-order valence-corrected chi connectivity index (χ3v) is 14.1. The first-order valence-corrected chi connectivity index (χ1v) is 23.1. The molecule has 354 valence electrons. The maximum Gasteiger partial charge on any atom is 0.342 e. The maximum absolute atomic E-state index is 15.1. The minimum Gasteiger partial charge on any atom is -0.495 e. The summed E-state index contributed by atoms with van der Waals surface area (Å²) in [7, 11) is 2.76. The zero-order chi connectivity index (χ0) is 47.1. The number of anilines is 4. The average Bonchev–Trinajstić information content (AvgIpc) is 3.93. The first-order chi connectivity index (χ1) is 32.2. The van der Waals surface area contributed by atoms with E-state index in [4.69, 9.17) is 4.74 Å². The topological polar surface area (TPSA) is 207 Å². The standard InChI is InChI=1S/C47H54F2N10O8/c1-55-35-24-50-46(54-40(35)58(31-7-3-4-8-31)26-47(48,49)45(55)66)52-33-11-10-28(23-36(33)67-2)41(62)51-30-16-20-57(21-17-30)38(61)22-27-14-18-56(19-15-27)25-29-6-5-9-32-39(29)44(65)59(43(32)64)34-12-13-37(60)53-42(34)63/h5-6,9-11,23-24,27,30-31,34H,3-4,7-8,12-22,25-26H2,1-2H3,(H,51,62)(H,50,52,54)(H,53,60,63). The largest absolute Gasteiger partial charge is 0.495 e. The lowest BCUT2D eigenvalue weighted by Crippen LogP contribution is -2.54.